The third-order valence-corrected chi connectivity index (χ3v) is 4.77. The summed E-state index contributed by atoms with van der Waals surface area (Å²) in [5.41, 5.74) is 5.48. The maximum Gasteiger partial charge on any atom is 0.176 e. The highest BCUT2D eigenvalue weighted by Crippen LogP contribution is 2.40. The second kappa shape index (κ2) is 6.34. The summed E-state index contributed by atoms with van der Waals surface area (Å²) in [6, 6.07) is 3.73. The van der Waals surface area contributed by atoms with Crippen molar-refractivity contribution in [3.8, 4) is 11.5 Å². The van der Waals surface area contributed by atoms with Gasteiger partial charge in [-0.15, -0.1) is 0 Å². The lowest BCUT2D eigenvalue weighted by molar-refractivity contribution is 0.228. The minimum Gasteiger partial charge on any atom is -0.503 e. The number of piperidine rings is 1. The zero-order valence-electron chi connectivity index (χ0n) is 13.0. The van der Waals surface area contributed by atoms with Crippen LogP contribution in [0.5, 0.6) is 11.5 Å². The van der Waals surface area contributed by atoms with E-state index in [0.717, 1.165) is 38.0 Å². The van der Waals surface area contributed by atoms with E-state index in [1.165, 1.54) is 12.8 Å². The first-order valence-electron chi connectivity index (χ1n) is 7.74. The molecular formula is C16H22ClN3O2. The van der Waals surface area contributed by atoms with Crippen molar-refractivity contribution in [1.29, 1.82) is 0 Å². The van der Waals surface area contributed by atoms with Crippen LogP contribution in [0.15, 0.2) is 17.2 Å². The summed E-state index contributed by atoms with van der Waals surface area (Å²) >= 11 is 6.12. The number of hydrogen-bond acceptors (Lipinski definition) is 5. The molecule has 0 bridgehead atoms. The number of aromatic hydroxyl groups is 1. The summed E-state index contributed by atoms with van der Waals surface area (Å²) < 4.78 is 5.21. The molecule has 6 heteroatoms. The lowest BCUT2D eigenvalue weighted by Gasteiger charge is -2.33. The Hall–Kier alpha value is -1.46. The number of fused-ring (bicyclic) bond motifs is 1. The van der Waals surface area contributed by atoms with Crippen LogP contribution < -0.4 is 10.2 Å². The number of methoxy groups -OCH3 is 1. The maximum atomic E-state index is 9.90. The van der Waals surface area contributed by atoms with Crippen LogP contribution in [-0.2, 0) is 0 Å². The molecule has 2 atom stereocenters. The molecule has 0 amide bonds. The molecule has 0 aromatic heterocycles. The summed E-state index contributed by atoms with van der Waals surface area (Å²) in [6.45, 7) is 5.41. The Bertz CT molecular complexity index is 591. The minimum absolute atomic E-state index is 0.0108. The third kappa shape index (κ3) is 2.75. The van der Waals surface area contributed by atoms with Gasteiger partial charge >= 0.3 is 0 Å². The molecule has 2 N–H and O–H groups in total. The number of hydrazone groups is 1. The van der Waals surface area contributed by atoms with Crippen molar-refractivity contribution in [3.63, 3.8) is 0 Å². The highest BCUT2D eigenvalue weighted by Gasteiger charge is 2.37. The molecule has 0 aliphatic carbocycles. The van der Waals surface area contributed by atoms with Gasteiger partial charge in [0.05, 0.1) is 18.2 Å². The van der Waals surface area contributed by atoms with Gasteiger partial charge < -0.3 is 20.2 Å². The maximum absolute atomic E-state index is 9.90. The Balaban J connectivity index is 1.85. The highest BCUT2D eigenvalue weighted by molar-refractivity contribution is 6.32. The summed E-state index contributed by atoms with van der Waals surface area (Å²) in [7, 11) is 1.53. The van der Waals surface area contributed by atoms with E-state index in [4.69, 9.17) is 16.3 Å². The number of rotatable bonds is 4. The summed E-state index contributed by atoms with van der Waals surface area (Å²) in [6.07, 6.45) is 2.17. The zero-order chi connectivity index (χ0) is 15.7. The molecule has 1 aromatic carbocycles. The molecule has 1 fully saturated rings. The molecule has 1 saturated heterocycles. The lowest BCUT2D eigenvalue weighted by atomic mass is 9.86. The van der Waals surface area contributed by atoms with Gasteiger partial charge in [0.25, 0.3) is 0 Å². The van der Waals surface area contributed by atoms with Crippen LogP contribution in [0.2, 0.25) is 5.02 Å². The van der Waals surface area contributed by atoms with Gasteiger partial charge in [0.2, 0.25) is 0 Å². The predicted molar refractivity (Wildman–Crippen MR) is 87.8 cm³/mol. The van der Waals surface area contributed by atoms with Crippen molar-refractivity contribution in [2.24, 2.45) is 11.0 Å². The Morgan fingerprint density at radius 3 is 3.05 bits per heavy atom. The quantitative estimate of drug-likeness (QED) is 0.894. The predicted octanol–water partition coefficient (Wildman–Crippen LogP) is 2.79. The number of ether oxygens (including phenoxy) is 1. The average molecular weight is 324 g/mol. The Labute approximate surface area is 135 Å². The molecule has 120 valence electrons. The molecular weight excluding hydrogens is 302 g/mol. The van der Waals surface area contributed by atoms with Gasteiger partial charge in [-0.2, -0.15) is 5.10 Å². The number of halogens is 1. The van der Waals surface area contributed by atoms with Gasteiger partial charge in [0.1, 0.15) is 0 Å². The van der Waals surface area contributed by atoms with Crippen molar-refractivity contribution < 1.29 is 9.84 Å². The number of phenolic OH excluding ortho intramolecular Hbond substituents is 1. The molecule has 2 heterocycles. The van der Waals surface area contributed by atoms with E-state index in [1.54, 1.807) is 6.07 Å². The number of nitrogens with one attached hydrogen (secondary N) is 1. The molecule has 0 radical (unpaired) electrons. The number of hydrogen-bond donors (Lipinski definition) is 2. The molecule has 0 spiro atoms. The third-order valence-electron chi connectivity index (χ3n) is 4.49. The summed E-state index contributed by atoms with van der Waals surface area (Å²) in [5, 5.41) is 14.7. The SMILES string of the molecule is CCCN1CCC2=NNC(c3cc(Cl)c(O)c(OC)c3)C2C1. The monoisotopic (exact) mass is 323 g/mol. The zero-order valence-corrected chi connectivity index (χ0v) is 13.7. The van der Waals surface area contributed by atoms with Crippen LogP contribution in [0.4, 0.5) is 0 Å². The fraction of sp³-hybridized carbons (Fsp3) is 0.562. The normalized spacial score (nSPS) is 24.6. The Kier molecular flexibility index (Phi) is 4.45. The number of nitrogens with zero attached hydrogens (tertiary/aromatic N) is 2. The van der Waals surface area contributed by atoms with Crippen LogP contribution in [-0.4, -0.2) is 42.5 Å². The highest BCUT2D eigenvalue weighted by atomic mass is 35.5. The first-order chi connectivity index (χ1) is 10.6. The van der Waals surface area contributed by atoms with Gasteiger partial charge in [-0.3, -0.25) is 0 Å². The van der Waals surface area contributed by atoms with Gasteiger partial charge in [0, 0.05) is 31.1 Å². The first-order valence-corrected chi connectivity index (χ1v) is 8.12. The molecule has 1 aromatic rings. The van der Waals surface area contributed by atoms with Crippen LogP contribution in [0.1, 0.15) is 31.4 Å². The van der Waals surface area contributed by atoms with Crippen molar-refractivity contribution >= 4 is 17.3 Å². The topological polar surface area (TPSA) is 57.1 Å². The molecule has 2 unspecified atom stereocenters. The van der Waals surface area contributed by atoms with Crippen LogP contribution in [0.3, 0.4) is 0 Å². The minimum atomic E-state index is -0.0108. The molecule has 2 aliphatic rings. The Morgan fingerprint density at radius 2 is 2.32 bits per heavy atom. The fourth-order valence-electron chi connectivity index (χ4n) is 3.37. The number of phenols is 1. The van der Waals surface area contributed by atoms with Crippen molar-refractivity contribution in [2.75, 3.05) is 26.7 Å². The number of likely N-dealkylation sites (tertiary alicyclic amines) is 1. The van der Waals surface area contributed by atoms with Crippen molar-refractivity contribution in [1.82, 2.24) is 10.3 Å². The summed E-state index contributed by atoms with van der Waals surface area (Å²) in [5.74, 6) is 0.743. The average Bonchev–Trinajstić information content (AvgIpc) is 2.93. The van der Waals surface area contributed by atoms with E-state index in [9.17, 15) is 5.11 Å². The van der Waals surface area contributed by atoms with E-state index in [0.29, 0.717) is 16.7 Å². The standard InChI is InChI=1S/C16H22ClN3O2/c1-3-5-20-6-4-13-11(9-20)15(19-18-13)10-7-12(17)16(21)14(8-10)22-2/h7-8,11,15,19,21H,3-6,9H2,1-2H3. The van der Waals surface area contributed by atoms with Gasteiger partial charge in [-0.05, 0) is 30.7 Å². The molecule has 3 rings (SSSR count). The molecule has 5 nitrogen and oxygen atoms in total. The largest absolute Gasteiger partial charge is 0.503 e. The Morgan fingerprint density at radius 1 is 1.50 bits per heavy atom. The van der Waals surface area contributed by atoms with Crippen LogP contribution in [0, 0.1) is 5.92 Å². The van der Waals surface area contributed by atoms with E-state index in [1.807, 2.05) is 6.07 Å². The first kappa shape index (κ1) is 15.4. The van der Waals surface area contributed by atoms with Gasteiger partial charge in [-0.25, -0.2) is 0 Å². The van der Waals surface area contributed by atoms with Crippen molar-refractivity contribution in [3.05, 3.63) is 22.7 Å². The van der Waals surface area contributed by atoms with Crippen LogP contribution >= 0.6 is 11.6 Å². The van der Waals surface area contributed by atoms with E-state index >= 15 is 0 Å². The molecule has 22 heavy (non-hydrogen) atoms. The van der Waals surface area contributed by atoms with Crippen LogP contribution in [0.25, 0.3) is 0 Å². The fourth-order valence-corrected chi connectivity index (χ4v) is 3.59. The van der Waals surface area contributed by atoms with Crippen molar-refractivity contribution in [2.45, 2.75) is 25.8 Å². The smallest absolute Gasteiger partial charge is 0.176 e. The molecule has 2 aliphatic heterocycles. The van der Waals surface area contributed by atoms with E-state index in [2.05, 4.69) is 22.4 Å². The van der Waals surface area contributed by atoms with Gasteiger partial charge in [0.15, 0.2) is 11.5 Å². The second-order valence-corrected chi connectivity index (χ2v) is 6.33. The van der Waals surface area contributed by atoms with Gasteiger partial charge in [-0.1, -0.05) is 18.5 Å². The number of benzene rings is 1. The molecule has 0 saturated carbocycles. The summed E-state index contributed by atoms with van der Waals surface area (Å²) in [4.78, 5) is 2.49. The van der Waals surface area contributed by atoms with E-state index in [-0.39, 0.29) is 11.8 Å². The second-order valence-electron chi connectivity index (χ2n) is 5.92. The lowest BCUT2D eigenvalue weighted by Crippen LogP contribution is -2.42. The van der Waals surface area contributed by atoms with E-state index < -0.39 is 0 Å².